The van der Waals surface area contributed by atoms with E-state index in [2.05, 4.69) is 13.2 Å². The van der Waals surface area contributed by atoms with E-state index in [0.29, 0.717) is 38.9 Å². The Morgan fingerprint density at radius 1 is 0.952 bits per heavy atom. The molecule has 3 heterocycles. The van der Waals surface area contributed by atoms with Crippen LogP contribution in [0, 0.1) is 11.8 Å². The predicted octanol–water partition coefficient (Wildman–Crippen LogP) is 3.56. The van der Waals surface area contributed by atoms with Crippen LogP contribution in [0.5, 0.6) is 0 Å². The predicted molar refractivity (Wildman–Crippen MR) is 160 cm³/mol. The van der Waals surface area contributed by atoms with Crippen LogP contribution >= 0.6 is 0 Å². The van der Waals surface area contributed by atoms with Gasteiger partial charge in [-0.2, -0.15) is 0 Å². The second-order valence-electron chi connectivity index (χ2n) is 11.6. The minimum atomic E-state index is -1.15. The average Bonchev–Trinajstić information content (AvgIpc) is 3.61. The van der Waals surface area contributed by atoms with Crippen LogP contribution in [0.25, 0.3) is 0 Å². The van der Waals surface area contributed by atoms with E-state index in [0.717, 1.165) is 11.1 Å². The molecule has 3 saturated heterocycles. The van der Waals surface area contributed by atoms with Gasteiger partial charge in [0.1, 0.15) is 11.6 Å². The number of carbonyl (C=O) groups is 3. The number of likely N-dealkylation sites (tertiary alicyclic amines) is 1. The zero-order valence-corrected chi connectivity index (χ0v) is 24.4. The highest BCUT2D eigenvalue weighted by Gasteiger charge is 2.79. The number of ether oxygens (including phenoxy) is 1. The number of rotatable bonds is 13. The minimum absolute atomic E-state index is 0.00939. The Balaban J connectivity index is 1.53. The maximum atomic E-state index is 14.5. The lowest BCUT2D eigenvalue weighted by atomic mass is 9.64. The first-order valence-corrected chi connectivity index (χ1v) is 14.8. The third-order valence-corrected chi connectivity index (χ3v) is 9.28. The van der Waals surface area contributed by atoms with Crippen LogP contribution in [-0.2, 0) is 32.2 Å². The molecule has 5 atom stereocenters. The number of hydrogen-bond donors (Lipinski definition) is 1. The molecule has 8 nitrogen and oxygen atoms in total. The van der Waals surface area contributed by atoms with Crippen molar-refractivity contribution in [3.63, 3.8) is 0 Å². The van der Waals surface area contributed by atoms with Gasteiger partial charge in [0.15, 0.2) is 0 Å². The van der Waals surface area contributed by atoms with Gasteiger partial charge in [-0.3, -0.25) is 14.4 Å². The van der Waals surface area contributed by atoms with E-state index in [1.54, 1.807) is 22.0 Å². The third-order valence-electron chi connectivity index (χ3n) is 9.28. The highest BCUT2D eigenvalue weighted by atomic mass is 16.5. The molecule has 2 bridgehead atoms. The van der Waals surface area contributed by atoms with Crippen LogP contribution in [-0.4, -0.2) is 81.0 Å². The lowest BCUT2D eigenvalue weighted by molar-refractivity contribution is -0.155. The summed E-state index contributed by atoms with van der Waals surface area (Å²) in [5, 5.41) is 9.98. The molecule has 3 aliphatic heterocycles. The Labute approximate surface area is 248 Å². The van der Waals surface area contributed by atoms with E-state index in [9.17, 15) is 19.5 Å². The van der Waals surface area contributed by atoms with Crippen molar-refractivity contribution in [1.82, 2.24) is 14.7 Å². The molecule has 2 aromatic carbocycles. The van der Waals surface area contributed by atoms with Crippen molar-refractivity contribution in [2.45, 2.75) is 56.5 Å². The van der Waals surface area contributed by atoms with Crippen molar-refractivity contribution in [2.75, 3.05) is 26.2 Å². The zero-order chi connectivity index (χ0) is 29.9. The van der Waals surface area contributed by atoms with Crippen LogP contribution in [0.3, 0.4) is 0 Å². The van der Waals surface area contributed by atoms with Gasteiger partial charge in [0.05, 0.1) is 24.0 Å². The second-order valence-corrected chi connectivity index (χ2v) is 11.6. The quantitative estimate of drug-likeness (QED) is 0.372. The summed E-state index contributed by atoms with van der Waals surface area (Å²) in [7, 11) is 0. The summed E-state index contributed by atoms with van der Waals surface area (Å²) in [6, 6.07) is 18.5. The standard InChI is InChI=1S/C34H41N3O5/c1-4-19-35(23-25-13-9-7-10-14-25)30(39)27-28-31(40)37(21-22-38)29(34(28)18-17-33(27,6-3)42-34)32(41)36(20-5-2)24-26-15-11-8-12-16-26/h4-5,7-16,27-29,38H,1-2,6,17-24H2,3H3/t27-,28+,29?,33+,34?/m1/s1. The Morgan fingerprint density at radius 2 is 1.50 bits per heavy atom. The third kappa shape index (κ3) is 4.96. The summed E-state index contributed by atoms with van der Waals surface area (Å²) < 4.78 is 6.90. The molecule has 1 N–H and O–H groups in total. The molecule has 2 unspecified atom stereocenters. The highest BCUT2D eigenvalue weighted by Crippen LogP contribution is 2.64. The van der Waals surface area contributed by atoms with Crippen molar-refractivity contribution < 1.29 is 24.2 Å². The molecule has 3 amide bonds. The number of nitrogens with zero attached hydrogens (tertiary/aromatic N) is 3. The first-order chi connectivity index (χ1) is 20.4. The molecule has 0 aromatic heterocycles. The fraction of sp³-hybridized carbons (Fsp3) is 0.441. The maximum absolute atomic E-state index is 14.5. The van der Waals surface area contributed by atoms with Gasteiger partial charge in [0.2, 0.25) is 17.7 Å². The topological polar surface area (TPSA) is 90.4 Å². The van der Waals surface area contributed by atoms with Gasteiger partial charge in [0.25, 0.3) is 0 Å². The van der Waals surface area contributed by atoms with Crippen LogP contribution < -0.4 is 0 Å². The summed E-state index contributed by atoms with van der Waals surface area (Å²) in [6.45, 7) is 10.7. The number of aliphatic hydroxyl groups is 1. The fourth-order valence-corrected chi connectivity index (χ4v) is 7.47. The Kier molecular flexibility index (Phi) is 8.66. The number of aliphatic hydroxyl groups excluding tert-OH is 1. The maximum Gasteiger partial charge on any atom is 0.248 e. The van der Waals surface area contributed by atoms with Gasteiger partial charge in [0, 0.05) is 32.7 Å². The van der Waals surface area contributed by atoms with Gasteiger partial charge in [-0.1, -0.05) is 79.7 Å². The normalized spacial score (nSPS) is 27.5. The van der Waals surface area contributed by atoms with E-state index < -0.39 is 29.1 Å². The van der Waals surface area contributed by atoms with Crippen molar-refractivity contribution in [1.29, 1.82) is 0 Å². The summed E-state index contributed by atoms with van der Waals surface area (Å²) in [4.78, 5) is 48.1. The monoisotopic (exact) mass is 571 g/mol. The average molecular weight is 572 g/mol. The fourth-order valence-electron chi connectivity index (χ4n) is 7.47. The molecule has 0 aliphatic carbocycles. The molecule has 8 heteroatoms. The molecule has 5 rings (SSSR count). The van der Waals surface area contributed by atoms with E-state index in [1.807, 2.05) is 67.6 Å². The number of β-amino-alcohol motifs (C(OH)–C–C–N with tert-alkyl or cyclic N) is 1. The zero-order valence-electron chi connectivity index (χ0n) is 24.4. The Bertz CT molecular complexity index is 1320. The van der Waals surface area contributed by atoms with E-state index in [-0.39, 0.29) is 37.4 Å². The van der Waals surface area contributed by atoms with Gasteiger partial charge < -0.3 is 24.5 Å². The largest absolute Gasteiger partial charge is 0.395 e. The van der Waals surface area contributed by atoms with Crippen molar-refractivity contribution in [3.8, 4) is 0 Å². The number of hydrogen-bond acceptors (Lipinski definition) is 5. The summed E-state index contributed by atoms with van der Waals surface area (Å²) >= 11 is 0. The molecule has 42 heavy (non-hydrogen) atoms. The van der Waals surface area contributed by atoms with Gasteiger partial charge in [-0.15, -0.1) is 13.2 Å². The summed E-state index contributed by atoms with van der Waals surface area (Å²) in [5.74, 6) is -2.27. The smallest absolute Gasteiger partial charge is 0.248 e. The van der Waals surface area contributed by atoms with E-state index in [4.69, 9.17) is 4.74 Å². The van der Waals surface area contributed by atoms with Crippen LogP contribution in [0.2, 0.25) is 0 Å². The van der Waals surface area contributed by atoms with Gasteiger partial charge >= 0.3 is 0 Å². The first-order valence-electron chi connectivity index (χ1n) is 14.8. The van der Waals surface area contributed by atoms with Crippen LogP contribution in [0.4, 0.5) is 0 Å². The molecule has 222 valence electrons. The molecule has 0 radical (unpaired) electrons. The second kappa shape index (κ2) is 12.2. The van der Waals surface area contributed by atoms with Gasteiger partial charge in [-0.05, 0) is 30.4 Å². The molecule has 2 aromatic rings. The highest BCUT2D eigenvalue weighted by molar-refractivity contribution is 5.99. The first kappa shape index (κ1) is 29.7. The van der Waals surface area contributed by atoms with Crippen molar-refractivity contribution in [2.24, 2.45) is 11.8 Å². The molecule has 1 spiro atoms. The molecule has 0 saturated carbocycles. The van der Waals surface area contributed by atoms with Crippen molar-refractivity contribution in [3.05, 3.63) is 97.1 Å². The summed E-state index contributed by atoms with van der Waals surface area (Å²) in [6.07, 6.45) is 4.98. The minimum Gasteiger partial charge on any atom is -0.395 e. The van der Waals surface area contributed by atoms with Crippen molar-refractivity contribution >= 4 is 17.7 Å². The number of benzene rings is 2. The molecule has 3 aliphatic rings. The molecular formula is C34H41N3O5. The van der Waals surface area contributed by atoms with Gasteiger partial charge in [-0.25, -0.2) is 0 Å². The lowest BCUT2D eigenvalue weighted by Gasteiger charge is -2.37. The SMILES string of the molecule is C=CCN(Cc1ccccc1)C(=O)C1N(CCO)C(=O)[C@@H]2[C@H](C(=O)N(CC=C)Cc3ccccc3)[C@]3(CC)CCC12O3. The van der Waals surface area contributed by atoms with Crippen LogP contribution in [0.1, 0.15) is 37.3 Å². The van der Waals surface area contributed by atoms with E-state index in [1.165, 1.54) is 4.90 Å². The number of carbonyl (C=O) groups excluding carboxylic acids is 3. The Morgan fingerprint density at radius 3 is 2.00 bits per heavy atom. The molecular weight excluding hydrogens is 530 g/mol. The summed E-state index contributed by atoms with van der Waals surface area (Å²) in [5.41, 5.74) is -0.0659. The van der Waals surface area contributed by atoms with E-state index >= 15 is 0 Å². The number of fused-ring (bicyclic) bond motifs is 1. The Hall–Kier alpha value is -3.75. The molecule has 3 fully saturated rings. The lowest BCUT2D eigenvalue weighted by Crippen LogP contribution is -2.56. The number of amides is 3. The van der Waals surface area contributed by atoms with Crippen LogP contribution in [0.15, 0.2) is 86.0 Å².